The van der Waals surface area contributed by atoms with E-state index in [4.69, 9.17) is 4.74 Å². The second-order valence-electron chi connectivity index (χ2n) is 6.62. The molecule has 116 valence electrons. The van der Waals surface area contributed by atoms with E-state index in [1.165, 1.54) is 5.56 Å². The molecule has 0 saturated heterocycles. The van der Waals surface area contributed by atoms with Gasteiger partial charge in [0.25, 0.3) is 0 Å². The fourth-order valence-corrected chi connectivity index (χ4v) is 2.80. The van der Waals surface area contributed by atoms with Crippen molar-refractivity contribution in [2.24, 2.45) is 0 Å². The number of carbonyl (C=O) groups excluding carboxylic acids is 1. The summed E-state index contributed by atoms with van der Waals surface area (Å²) < 4.78 is 7.68. The van der Waals surface area contributed by atoms with Crippen LogP contribution < -0.4 is 5.32 Å². The first-order valence-electron chi connectivity index (χ1n) is 7.50. The van der Waals surface area contributed by atoms with Crippen LogP contribution in [-0.2, 0) is 4.74 Å². The zero-order chi connectivity index (χ0) is 15.7. The highest BCUT2D eigenvalue weighted by Crippen LogP contribution is 2.39. The molecule has 0 fully saturated rings. The number of imidazole rings is 1. The molecule has 5 nitrogen and oxygen atoms in total. The minimum Gasteiger partial charge on any atom is -0.438 e. The van der Waals surface area contributed by atoms with Gasteiger partial charge in [-0.25, -0.2) is 9.78 Å². The quantitative estimate of drug-likeness (QED) is 0.924. The van der Waals surface area contributed by atoms with Crippen LogP contribution in [0, 0.1) is 0 Å². The first-order valence-corrected chi connectivity index (χ1v) is 7.50. The lowest BCUT2D eigenvalue weighted by atomic mass is 10.0. The van der Waals surface area contributed by atoms with Crippen molar-refractivity contribution in [1.29, 1.82) is 0 Å². The molecule has 0 aliphatic carbocycles. The van der Waals surface area contributed by atoms with Crippen molar-refractivity contribution in [2.75, 3.05) is 0 Å². The first-order chi connectivity index (χ1) is 10.4. The minimum atomic E-state index is -0.402. The van der Waals surface area contributed by atoms with Gasteiger partial charge in [-0.3, -0.25) is 0 Å². The Hall–Kier alpha value is -2.30. The maximum atomic E-state index is 12.0. The predicted octanol–water partition coefficient (Wildman–Crippen LogP) is 3.44. The van der Waals surface area contributed by atoms with E-state index in [0.29, 0.717) is 6.42 Å². The van der Waals surface area contributed by atoms with E-state index in [1.54, 1.807) is 6.20 Å². The number of aromatic nitrogens is 2. The lowest BCUT2D eigenvalue weighted by molar-refractivity contribution is 0.0884. The van der Waals surface area contributed by atoms with E-state index in [9.17, 15) is 4.79 Å². The Morgan fingerprint density at radius 2 is 2.05 bits per heavy atom. The Kier molecular flexibility index (Phi) is 3.64. The summed E-state index contributed by atoms with van der Waals surface area (Å²) in [5, 5.41) is 2.83. The number of nitrogens with one attached hydrogen (secondary N) is 1. The molecule has 1 aliphatic rings. The van der Waals surface area contributed by atoms with Crippen molar-refractivity contribution in [3.63, 3.8) is 0 Å². The largest absolute Gasteiger partial charge is 0.438 e. The van der Waals surface area contributed by atoms with E-state index in [1.807, 2.05) is 45.2 Å². The molecule has 0 bridgehead atoms. The van der Waals surface area contributed by atoms with E-state index in [2.05, 4.69) is 27.0 Å². The monoisotopic (exact) mass is 299 g/mol. The Bertz CT molecular complexity index is 658. The van der Waals surface area contributed by atoms with Crippen molar-refractivity contribution in [2.45, 2.75) is 44.9 Å². The number of benzene rings is 1. The molecule has 1 aromatic heterocycles. The van der Waals surface area contributed by atoms with Crippen LogP contribution in [0.25, 0.3) is 0 Å². The molecule has 2 heterocycles. The van der Waals surface area contributed by atoms with Crippen LogP contribution >= 0.6 is 0 Å². The van der Waals surface area contributed by atoms with Crippen LogP contribution in [0.1, 0.15) is 50.7 Å². The Balaban J connectivity index is 1.78. The SMILES string of the molecule is CC(C)(C)NC(=O)O[C@H]1C[C@@H](c2ccccc2)n2ccnc21. The van der Waals surface area contributed by atoms with Gasteiger partial charge in [0.2, 0.25) is 0 Å². The zero-order valence-corrected chi connectivity index (χ0v) is 13.1. The summed E-state index contributed by atoms with van der Waals surface area (Å²) >= 11 is 0. The number of carbonyl (C=O) groups is 1. The van der Waals surface area contributed by atoms with Crippen molar-refractivity contribution in [1.82, 2.24) is 14.9 Å². The molecule has 2 atom stereocenters. The topological polar surface area (TPSA) is 56.1 Å². The highest BCUT2D eigenvalue weighted by Gasteiger charge is 2.35. The smallest absolute Gasteiger partial charge is 0.408 e. The second-order valence-corrected chi connectivity index (χ2v) is 6.62. The van der Waals surface area contributed by atoms with Gasteiger partial charge in [-0.1, -0.05) is 30.3 Å². The predicted molar refractivity (Wildman–Crippen MR) is 83.5 cm³/mol. The third-order valence-electron chi connectivity index (χ3n) is 3.67. The van der Waals surface area contributed by atoms with E-state index in [-0.39, 0.29) is 17.7 Å². The van der Waals surface area contributed by atoms with Gasteiger partial charge in [0, 0.05) is 24.4 Å². The first kappa shape index (κ1) is 14.6. The number of ether oxygens (including phenoxy) is 1. The van der Waals surface area contributed by atoms with Gasteiger partial charge in [0.1, 0.15) is 0 Å². The maximum Gasteiger partial charge on any atom is 0.408 e. The Morgan fingerprint density at radius 1 is 1.32 bits per heavy atom. The summed E-state index contributed by atoms with van der Waals surface area (Å²) in [6.45, 7) is 5.78. The normalized spacial score (nSPS) is 20.5. The van der Waals surface area contributed by atoms with Gasteiger partial charge >= 0.3 is 6.09 Å². The highest BCUT2D eigenvalue weighted by atomic mass is 16.6. The standard InChI is InChI=1S/C17H21N3O2/c1-17(2,3)19-16(21)22-14-11-13(12-7-5-4-6-8-12)20-10-9-18-15(14)20/h4-10,13-14H,11H2,1-3H3,(H,19,21)/t13-,14-/m0/s1. The van der Waals surface area contributed by atoms with Crippen molar-refractivity contribution >= 4 is 6.09 Å². The fourth-order valence-electron chi connectivity index (χ4n) is 2.80. The molecule has 1 aliphatic heterocycles. The van der Waals surface area contributed by atoms with Gasteiger partial charge in [-0.05, 0) is 26.3 Å². The maximum absolute atomic E-state index is 12.0. The molecule has 0 radical (unpaired) electrons. The molecule has 2 aromatic rings. The molecule has 1 amide bonds. The Morgan fingerprint density at radius 3 is 2.73 bits per heavy atom. The number of amides is 1. The minimum absolute atomic E-state index is 0.158. The summed E-state index contributed by atoms with van der Waals surface area (Å²) in [6, 6.07) is 10.4. The fraction of sp³-hybridized carbons (Fsp3) is 0.412. The number of hydrogen-bond acceptors (Lipinski definition) is 3. The average Bonchev–Trinajstić information content (AvgIpc) is 3.01. The van der Waals surface area contributed by atoms with Crippen LogP contribution in [0.4, 0.5) is 4.79 Å². The molecular weight excluding hydrogens is 278 g/mol. The lowest BCUT2D eigenvalue weighted by Crippen LogP contribution is -2.41. The average molecular weight is 299 g/mol. The van der Waals surface area contributed by atoms with E-state index < -0.39 is 6.09 Å². The number of hydrogen-bond donors (Lipinski definition) is 1. The van der Waals surface area contributed by atoms with Crippen molar-refractivity contribution in [3.05, 3.63) is 54.1 Å². The van der Waals surface area contributed by atoms with Crippen LogP contribution in [-0.4, -0.2) is 21.2 Å². The van der Waals surface area contributed by atoms with Crippen LogP contribution in [0.3, 0.4) is 0 Å². The molecule has 5 heteroatoms. The molecule has 3 rings (SSSR count). The summed E-state index contributed by atoms with van der Waals surface area (Å²) in [5.41, 5.74) is 0.883. The number of alkyl carbamates (subject to hydrolysis) is 1. The van der Waals surface area contributed by atoms with Gasteiger partial charge in [-0.2, -0.15) is 0 Å². The van der Waals surface area contributed by atoms with Crippen LogP contribution in [0.2, 0.25) is 0 Å². The van der Waals surface area contributed by atoms with E-state index in [0.717, 1.165) is 5.82 Å². The van der Waals surface area contributed by atoms with E-state index >= 15 is 0 Å². The third-order valence-corrected chi connectivity index (χ3v) is 3.67. The van der Waals surface area contributed by atoms with Gasteiger partial charge in [0.15, 0.2) is 11.9 Å². The van der Waals surface area contributed by atoms with Gasteiger partial charge in [-0.15, -0.1) is 0 Å². The zero-order valence-electron chi connectivity index (χ0n) is 13.1. The second kappa shape index (κ2) is 5.48. The van der Waals surface area contributed by atoms with Crippen molar-refractivity contribution in [3.8, 4) is 0 Å². The Labute approximate surface area is 130 Å². The van der Waals surface area contributed by atoms with Gasteiger partial charge < -0.3 is 14.6 Å². The molecule has 1 aromatic carbocycles. The summed E-state index contributed by atoms with van der Waals surface area (Å²) in [6.07, 6.45) is 3.69. The summed E-state index contributed by atoms with van der Waals surface area (Å²) in [7, 11) is 0. The van der Waals surface area contributed by atoms with Crippen molar-refractivity contribution < 1.29 is 9.53 Å². The molecule has 0 spiro atoms. The summed E-state index contributed by atoms with van der Waals surface area (Å²) in [5.74, 6) is 0.804. The number of fused-ring (bicyclic) bond motifs is 1. The number of nitrogens with zero attached hydrogens (tertiary/aromatic N) is 2. The number of rotatable bonds is 2. The van der Waals surface area contributed by atoms with Crippen LogP contribution in [0.15, 0.2) is 42.7 Å². The lowest BCUT2D eigenvalue weighted by Gasteiger charge is -2.21. The van der Waals surface area contributed by atoms with Gasteiger partial charge in [0.05, 0.1) is 6.04 Å². The highest BCUT2D eigenvalue weighted by molar-refractivity contribution is 5.68. The molecule has 0 unspecified atom stereocenters. The summed E-state index contributed by atoms with van der Waals surface area (Å²) in [4.78, 5) is 16.4. The van der Waals surface area contributed by atoms with Crippen LogP contribution in [0.5, 0.6) is 0 Å². The molecule has 0 saturated carbocycles. The third kappa shape index (κ3) is 2.98. The molecular formula is C17H21N3O2. The molecule has 22 heavy (non-hydrogen) atoms. The molecule has 1 N–H and O–H groups in total.